The van der Waals surface area contributed by atoms with Gasteiger partial charge in [-0.15, -0.1) is 0 Å². The molecule has 1 aliphatic rings. The molecule has 0 unspecified atom stereocenters. The van der Waals surface area contributed by atoms with Gasteiger partial charge >= 0.3 is 12.4 Å². The van der Waals surface area contributed by atoms with Crippen LogP contribution in [0.25, 0.3) is 50.2 Å². The molecule has 1 aliphatic carbocycles. The predicted octanol–water partition coefficient (Wildman–Crippen LogP) is 9.89. The van der Waals surface area contributed by atoms with Crippen LogP contribution in [0.1, 0.15) is 28.8 Å². The van der Waals surface area contributed by atoms with Crippen molar-refractivity contribution in [1.29, 1.82) is 0 Å². The van der Waals surface area contributed by atoms with Crippen molar-refractivity contribution in [3.8, 4) is 11.4 Å². The lowest BCUT2D eigenvalue weighted by atomic mass is 9.73. The van der Waals surface area contributed by atoms with Crippen LogP contribution >= 0.6 is 0 Å². The molecular formula is C37H24F6N4. The van der Waals surface area contributed by atoms with E-state index in [1.807, 2.05) is 53.1 Å². The largest absolute Gasteiger partial charge is 0.411 e. The molecule has 0 aliphatic heterocycles. The van der Waals surface area contributed by atoms with Crippen molar-refractivity contribution in [2.75, 3.05) is 0 Å². The Hall–Kier alpha value is -5.38. The van der Waals surface area contributed by atoms with Gasteiger partial charge in [0.15, 0.2) is 0 Å². The molecule has 234 valence electrons. The lowest BCUT2D eigenvalue weighted by Gasteiger charge is -2.38. The number of hydrogen-bond acceptors (Lipinski definition) is 2. The van der Waals surface area contributed by atoms with Crippen LogP contribution in [0.15, 0.2) is 116 Å². The van der Waals surface area contributed by atoms with Gasteiger partial charge in [0.25, 0.3) is 0 Å². The van der Waals surface area contributed by atoms with Crippen LogP contribution in [-0.4, -0.2) is 31.5 Å². The molecule has 0 saturated heterocycles. The maximum absolute atomic E-state index is 15.1. The number of alkyl halides is 6. The Kier molecular flexibility index (Phi) is 6.38. The lowest BCUT2D eigenvalue weighted by molar-refractivity contribution is -0.288. The fourth-order valence-electron chi connectivity index (χ4n) is 7.16. The van der Waals surface area contributed by atoms with Crippen LogP contribution in [0.2, 0.25) is 0 Å². The second-order valence-corrected chi connectivity index (χ2v) is 11.6. The van der Waals surface area contributed by atoms with Gasteiger partial charge in [-0.3, -0.25) is 9.97 Å². The second kappa shape index (κ2) is 10.3. The summed E-state index contributed by atoms with van der Waals surface area (Å²) in [5.74, 6) is 0. The van der Waals surface area contributed by atoms with Crippen LogP contribution in [-0.2, 0) is 11.8 Å². The Labute approximate surface area is 264 Å². The molecule has 3 aromatic carbocycles. The Balaban J connectivity index is 1.28. The van der Waals surface area contributed by atoms with Crippen molar-refractivity contribution in [3.05, 3.63) is 138 Å². The van der Waals surface area contributed by atoms with Gasteiger partial charge in [0, 0.05) is 51.2 Å². The summed E-state index contributed by atoms with van der Waals surface area (Å²) in [4.78, 5) is 8.41. The SMILES string of the molecule is FC(F)(F)C(c1ccc(-n2c3c(c4ccncc42)C=CCC3)cc1)(c1ccc(-n2c3ccccc3c3ccncc32)cc1)C(F)(F)F. The van der Waals surface area contributed by atoms with Gasteiger partial charge in [0.05, 0.1) is 28.9 Å². The average molecular weight is 639 g/mol. The van der Waals surface area contributed by atoms with Crippen molar-refractivity contribution in [3.63, 3.8) is 0 Å². The fourth-order valence-corrected chi connectivity index (χ4v) is 7.16. The third-order valence-corrected chi connectivity index (χ3v) is 9.19. The summed E-state index contributed by atoms with van der Waals surface area (Å²) in [6, 6.07) is 20.1. The number of fused-ring (bicyclic) bond motifs is 6. The highest BCUT2D eigenvalue weighted by atomic mass is 19.4. The molecule has 7 aromatic rings. The topological polar surface area (TPSA) is 35.6 Å². The smallest absolute Gasteiger partial charge is 0.311 e. The van der Waals surface area contributed by atoms with Crippen molar-refractivity contribution in [1.82, 2.24) is 19.1 Å². The summed E-state index contributed by atoms with van der Waals surface area (Å²) in [5.41, 5.74) is -1.20. The van der Waals surface area contributed by atoms with E-state index in [9.17, 15) is 0 Å². The van der Waals surface area contributed by atoms with Crippen LogP contribution < -0.4 is 0 Å². The summed E-state index contributed by atoms with van der Waals surface area (Å²) >= 11 is 0. The van der Waals surface area contributed by atoms with Gasteiger partial charge in [-0.05, 0) is 66.4 Å². The molecule has 0 fully saturated rings. The highest BCUT2D eigenvalue weighted by molar-refractivity contribution is 6.08. The Bertz CT molecular complexity index is 2260. The summed E-state index contributed by atoms with van der Waals surface area (Å²) < 4.78 is 94.2. The number of benzene rings is 3. The molecule has 0 N–H and O–H groups in total. The number of halogens is 6. The number of para-hydroxylation sites is 1. The number of hydrogen-bond donors (Lipinski definition) is 0. The molecule has 0 atom stereocenters. The summed E-state index contributed by atoms with van der Waals surface area (Å²) in [6.07, 6.45) is 0.617. The number of aromatic nitrogens is 4. The van der Waals surface area contributed by atoms with Gasteiger partial charge < -0.3 is 9.13 Å². The maximum atomic E-state index is 15.1. The molecule has 0 saturated carbocycles. The van der Waals surface area contributed by atoms with Crippen molar-refractivity contribution >= 4 is 38.8 Å². The van der Waals surface area contributed by atoms with Crippen molar-refractivity contribution < 1.29 is 26.3 Å². The number of allylic oxidation sites excluding steroid dienone is 1. The molecule has 0 spiro atoms. The third-order valence-electron chi connectivity index (χ3n) is 9.19. The highest BCUT2D eigenvalue weighted by Crippen LogP contribution is 2.56. The van der Waals surface area contributed by atoms with Crippen LogP contribution in [0, 0.1) is 0 Å². The van der Waals surface area contributed by atoms with E-state index in [2.05, 4.69) is 9.97 Å². The highest BCUT2D eigenvalue weighted by Gasteiger charge is 2.72. The number of rotatable bonds is 4. The van der Waals surface area contributed by atoms with E-state index in [4.69, 9.17) is 0 Å². The maximum Gasteiger partial charge on any atom is 0.411 e. The van der Waals surface area contributed by atoms with Gasteiger partial charge in [0.1, 0.15) is 0 Å². The van der Waals surface area contributed by atoms with E-state index >= 15 is 26.3 Å². The molecular weight excluding hydrogens is 614 g/mol. The van der Waals surface area contributed by atoms with E-state index in [0.29, 0.717) is 23.3 Å². The van der Waals surface area contributed by atoms with E-state index in [-0.39, 0.29) is 0 Å². The first kappa shape index (κ1) is 29.1. The Morgan fingerprint density at radius 3 is 1.70 bits per heavy atom. The first-order valence-corrected chi connectivity index (χ1v) is 14.9. The summed E-state index contributed by atoms with van der Waals surface area (Å²) in [5, 5.41) is 2.66. The summed E-state index contributed by atoms with van der Waals surface area (Å²) in [7, 11) is 0. The van der Waals surface area contributed by atoms with Gasteiger partial charge in [-0.2, -0.15) is 26.3 Å². The zero-order valence-electron chi connectivity index (χ0n) is 24.5. The molecule has 0 radical (unpaired) electrons. The minimum Gasteiger partial charge on any atom is -0.311 e. The normalized spacial score (nSPS) is 13.9. The molecule has 8 rings (SSSR count). The monoisotopic (exact) mass is 638 g/mol. The van der Waals surface area contributed by atoms with Crippen LogP contribution in [0.3, 0.4) is 0 Å². The van der Waals surface area contributed by atoms with Gasteiger partial charge in [-0.1, -0.05) is 54.6 Å². The van der Waals surface area contributed by atoms with E-state index in [1.165, 1.54) is 24.3 Å². The molecule has 0 amide bonds. The minimum absolute atomic E-state index is 0.411. The molecule has 47 heavy (non-hydrogen) atoms. The fraction of sp³-hybridized carbons (Fsp3) is 0.135. The molecule has 4 nitrogen and oxygen atoms in total. The summed E-state index contributed by atoms with van der Waals surface area (Å²) in [6.45, 7) is 0. The minimum atomic E-state index is -5.71. The Morgan fingerprint density at radius 1 is 0.553 bits per heavy atom. The molecule has 4 heterocycles. The van der Waals surface area contributed by atoms with Gasteiger partial charge in [0.2, 0.25) is 5.41 Å². The average Bonchev–Trinajstić information content (AvgIpc) is 3.58. The number of pyridine rings is 2. The molecule has 0 bridgehead atoms. The first-order chi connectivity index (χ1) is 22.6. The molecule has 4 aromatic heterocycles. The third kappa shape index (κ3) is 4.16. The lowest BCUT2D eigenvalue weighted by Crippen LogP contribution is -2.54. The number of nitrogens with zero attached hydrogens (tertiary/aromatic N) is 4. The predicted molar refractivity (Wildman–Crippen MR) is 170 cm³/mol. The first-order valence-electron chi connectivity index (χ1n) is 14.9. The zero-order chi connectivity index (χ0) is 32.6. The van der Waals surface area contributed by atoms with Gasteiger partial charge in [-0.25, -0.2) is 0 Å². The van der Waals surface area contributed by atoms with Crippen molar-refractivity contribution in [2.45, 2.75) is 30.6 Å². The van der Waals surface area contributed by atoms with E-state index in [1.54, 1.807) is 29.4 Å². The van der Waals surface area contributed by atoms with E-state index < -0.39 is 28.9 Å². The molecule has 10 heteroatoms. The van der Waals surface area contributed by atoms with E-state index in [0.717, 1.165) is 69.1 Å². The van der Waals surface area contributed by atoms with Crippen LogP contribution in [0.5, 0.6) is 0 Å². The Morgan fingerprint density at radius 2 is 1.09 bits per heavy atom. The van der Waals surface area contributed by atoms with Crippen molar-refractivity contribution in [2.24, 2.45) is 0 Å². The zero-order valence-corrected chi connectivity index (χ0v) is 24.5. The second-order valence-electron chi connectivity index (χ2n) is 11.6. The standard InChI is InChI=1S/C37H24F6N4/c38-36(39,40)35(37(41,42)43,23-9-13-25(14-10-23)46-31-7-3-1-5-27(31)29-17-19-44-21-33(29)46)24-11-15-26(16-12-24)47-32-8-4-2-6-28(32)30-18-20-45-22-34(30)47/h1-3,5-7,9-22H,4,8H2. The van der Waals surface area contributed by atoms with Crippen LogP contribution in [0.4, 0.5) is 26.3 Å². The quantitative estimate of drug-likeness (QED) is 0.180.